The second-order valence-corrected chi connectivity index (χ2v) is 5.05. The smallest absolute Gasteiger partial charge is 0.241 e. The van der Waals surface area contributed by atoms with Gasteiger partial charge >= 0.3 is 0 Å². The van der Waals surface area contributed by atoms with Crippen molar-refractivity contribution in [3.8, 4) is 0 Å². The number of hydrogen-bond donors (Lipinski definition) is 2. The van der Waals surface area contributed by atoms with Crippen LogP contribution in [0.4, 0.5) is 5.69 Å². The number of halogens is 1. The lowest BCUT2D eigenvalue weighted by molar-refractivity contribution is -0.128. The van der Waals surface area contributed by atoms with E-state index in [1.54, 1.807) is 31.1 Å². The van der Waals surface area contributed by atoms with Crippen LogP contribution in [-0.2, 0) is 16.0 Å². The molecule has 1 aromatic rings. The minimum Gasteiger partial charge on any atom is -0.349 e. The lowest BCUT2D eigenvalue weighted by atomic mass is 10.1. The fourth-order valence-electron chi connectivity index (χ4n) is 1.72. The van der Waals surface area contributed by atoms with E-state index in [1.807, 2.05) is 19.1 Å². The topological polar surface area (TPSA) is 75.4 Å². The zero-order chi connectivity index (χ0) is 15.1. The van der Waals surface area contributed by atoms with Crippen LogP contribution in [0.3, 0.4) is 0 Å². The van der Waals surface area contributed by atoms with E-state index in [2.05, 4.69) is 5.32 Å². The summed E-state index contributed by atoms with van der Waals surface area (Å²) in [6.45, 7) is 1.99. The van der Waals surface area contributed by atoms with Crippen LogP contribution in [0, 0.1) is 0 Å². The van der Waals surface area contributed by atoms with Gasteiger partial charge in [-0.25, -0.2) is 0 Å². The Kier molecular flexibility index (Phi) is 8.66. The monoisotopic (exact) mass is 313 g/mol. The normalized spacial score (nSPS) is 11.2. The predicted molar refractivity (Wildman–Crippen MR) is 87.6 cm³/mol. The molecule has 3 N–H and O–H groups in total. The third-order valence-corrected chi connectivity index (χ3v) is 3.01. The first kappa shape index (κ1) is 19.4. The highest BCUT2D eigenvalue weighted by molar-refractivity contribution is 5.94. The molecular formula is C15H24ClN3O2. The standard InChI is InChI=1S/C15H23N3O2.ClH/c1-4-5-13(16)15(20)17-12-8-6-11(7-9-12)10-14(19)18(2)3;/h6-9,13H,4-5,10,16H2,1-3H3,(H,17,20);1H. The maximum atomic E-state index is 11.8. The molecule has 0 aromatic heterocycles. The third kappa shape index (κ3) is 6.60. The minimum atomic E-state index is -0.477. The van der Waals surface area contributed by atoms with Gasteiger partial charge in [0.2, 0.25) is 11.8 Å². The highest BCUT2D eigenvalue weighted by Gasteiger charge is 2.12. The van der Waals surface area contributed by atoms with Crippen molar-refractivity contribution >= 4 is 29.9 Å². The molecular weight excluding hydrogens is 290 g/mol. The van der Waals surface area contributed by atoms with Gasteiger partial charge in [0.25, 0.3) is 0 Å². The number of nitrogens with zero attached hydrogens (tertiary/aromatic N) is 1. The van der Waals surface area contributed by atoms with E-state index in [0.717, 1.165) is 12.0 Å². The van der Waals surface area contributed by atoms with E-state index in [1.165, 1.54) is 0 Å². The zero-order valence-corrected chi connectivity index (χ0v) is 13.6. The van der Waals surface area contributed by atoms with Crippen molar-refractivity contribution < 1.29 is 9.59 Å². The Hall–Kier alpha value is -1.59. The number of carbonyl (C=O) groups is 2. The second kappa shape index (κ2) is 9.37. The molecule has 0 spiro atoms. The van der Waals surface area contributed by atoms with E-state index in [-0.39, 0.29) is 24.2 Å². The summed E-state index contributed by atoms with van der Waals surface area (Å²) in [5.41, 5.74) is 7.36. The number of likely N-dealkylation sites (N-methyl/N-ethyl adjacent to an activating group) is 1. The van der Waals surface area contributed by atoms with E-state index >= 15 is 0 Å². The van der Waals surface area contributed by atoms with Crippen LogP contribution in [0.2, 0.25) is 0 Å². The molecule has 0 aliphatic heterocycles. The van der Waals surface area contributed by atoms with Crippen LogP contribution in [0.15, 0.2) is 24.3 Å². The fraction of sp³-hybridized carbons (Fsp3) is 0.467. The Morgan fingerprint density at radius 2 is 1.81 bits per heavy atom. The van der Waals surface area contributed by atoms with Gasteiger partial charge in [-0.2, -0.15) is 0 Å². The Labute approximate surface area is 132 Å². The zero-order valence-electron chi connectivity index (χ0n) is 12.8. The van der Waals surface area contributed by atoms with E-state index in [9.17, 15) is 9.59 Å². The van der Waals surface area contributed by atoms with Gasteiger partial charge in [0.05, 0.1) is 12.5 Å². The number of benzene rings is 1. The minimum absolute atomic E-state index is 0. The van der Waals surface area contributed by atoms with Crippen molar-refractivity contribution in [2.45, 2.75) is 32.2 Å². The number of nitrogens with two attached hydrogens (primary N) is 1. The Bertz CT molecular complexity index is 460. The summed E-state index contributed by atoms with van der Waals surface area (Å²) >= 11 is 0. The predicted octanol–water partition coefficient (Wildman–Crippen LogP) is 1.81. The molecule has 0 saturated heterocycles. The summed E-state index contributed by atoms with van der Waals surface area (Å²) in [7, 11) is 3.46. The van der Waals surface area contributed by atoms with E-state index < -0.39 is 6.04 Å². The van der Waals surface area contributed by atoms with Gasteiger partial charge in [-0.15, -0.1) is 12.4 Å². The van der Waals surface area contributed by atoms with Gasteiger partial charge in [0.1, 0.15) is 0 Å². The first-order valence-corrected chi connectivity index (χ1v) is 6.79. The summed E-state index contributed by atoms with van der Waals surface area (Å²) in [4.78, 5) is 24.9. The van der Waals surface area contributed by atoms with Crippen LogP contribution < -0.4 is 11.1 Å². The van der Waals surface area contributed by atoms with Gasteiger partial charge < -0.3 is 16.0 Å². The number of hydrogen-bond acceptors (Lipinski definition) is 3. The summed E-state index contributed by atoms with van der Waals surface area (Å²) < 4.78 is 0. The van der Waals surface area contributed by atoms with Gasteiger partial charge in [0.15, 0.2) is 0 Å². The maximum Gasteiger partial charge on any atom is 0.241 e. The van der Waals surface area contributed by atoms with Gasteiger partial charge in [-0.05, 0) is 24.1 Å². The van der Waals surface area contributed by atoms with Crippen molar-refractivity contribution in [3.63, 3.8) is 0 Å². The van der Waals surface area contributed by atoms with Crippen LogP contribution in [0.1, 0.15) is 25.3 Å². The molecule has 1 rings (SSSR count). The maximum absolute atomic E-state index is 11.8. The molecule has 1 aromatic carbocycles. The summed E-state index contributed by atoms with van der Waals surface area (Å²) in [6.07, 6.45) is 1.90. The van der Waals surface area contributed by atoms with Gasteiger partial charge in [0, 0.05) is 19.8 Å². The molecule has 0 radical (unpaired) electrons. The van der Waals surface area contributed by atoms with Crippen molar-refractivity contribution in [2.24, 2.45) is 5.73 Å². The molecule has 0 aliphatic rings. The molecule has 0 heterocycles. The van der Waals surface area contributed by atoms with Gasteiger partial charge in [-0.1, -0.05) is 25.5 Å². The van der Waals surface area contributed by atoms with Crippen molar-refractivity contribution in [3.05, 3.63) is 29.8 Å². The SMILES string of the molecule is CCCC(N)C(=O)Nc1ccc(CC(=O)N(C)C)cc1.Cl. The Morgan fingerprint density at radius 1 is 1.24 bits per heavy atom. The Balaban J connectivity index is 0.00000400. The number of rotatable bonds is 6. The number of carbonyl (C=O) groups excluding carboxylic acids is 2. The van der Waals surface area contributed by atoms with E-state index in [4.69, 9.17) is 5.73 Å². The summed E-state index contributed by atoms with van der Waals surface area (Å²) in [6, 6.07) is 6.77. The molecule has 0 aliphatic carbocycles. The molecule has 1 atom stereocenters. The summed E-state index contributed by atoms with van der Waals surface area (Å²) in [5.74, 6) is -0.129. The van der Waals surface area contributed by atoms with Crippen LogP contribution in [0.25, 0.3) is 0 Å². The van der Waals surface area contributed by atoms with Gasteiger partial charge in [-0.3, -0.25) is 9.59 Å². The average Bonchev–Trinajstić information content (AvgIpc) is 2.41. The molecule has 5 nitrogen and oxygen atoms in total. The highest BCUT2D eigenvalue weighted by atomic mass is 35.5. The number of amides is 2. The molecule has 21 heavy (non-hydrogen) atoms. The molecule has 2 amide bonds. The van der Waals surface area contributed by atoms with Crippen molar-refractivity contribution in [1.29, 1.82) is 0 Å². The fourth-order valence-corrected chi connectivity index (χ4v) is 1.72. The molecule has 0 bridgehead atoms. The first-order chi connectivity index (χ1) is 9.43. The van der Waals surface area contributed by atoms with Crippen molar-refractivity contribution in [2.75, 3.05) is 19.4 Å². The molecule has 118 valence electrons. The Morgan fingerprint density at radius 3 is 2.29 bits per heavy atom. The average molecular weight is 314 g/mol. The highest BCUT2D eigenvalue weighted by Crippen LogP contribution is 2.11. The largest absolute Gasteiger partial charge is 0.349 e. The third-order valence-electron chi connectivity index (χ3n) is 3.01. The second-order valence-electron chi connectivity index (χ2n) is 5.05. The van der Waals surface area contributed by atoms with Crippen LogP contribution >= 0.6 is 12.4 Å². The molecule has 0 fully saturated rings. The molecule has 6 heteroatoms. The summed E-state index contributed by atoms with van der Waals surface area (Å²) in [5, 5.41) is 2.77. The van der Waals surface area contributed by atoms with Crippen LogP contribution in [-0.4, -0.2) is 36.9 Å². The molecule has 0 saturated carbocycles. The molecule has 1 unspecified atom stereocenters. The van der Waals surface area contributed by atoms with E-state index in [0.29, 0.717) is 18.5 Å². The van der Waals surface area contributed by atoms with Crippen molar-refractivity contribution in [1.82, 2.24) is 4.90 Å². The lowest BCUT2D eigenvalue weighted by Crippen LogP contribution is -2.35. The van der Waals surface area contributed by atoms with Crippen LogP contribution in [0.5, 0.6) is 0 Å². The number of anilines is 1. The number of nitrogens with one attached hydrogen (secondary N) is 1. The quantitative estimate of drug-likeness (QED) is 0.841. The lowest BCUT2D eigenvalue weighted by Gasteiger charge is -2.12. The first-order valence-electron chi connectivity index (χ1n) is 6.79.